The van der Waals surface area contributed by atoms with Crippen molar-refractivity contribution < 1.29 is 19.0 Å². The summed E-state index contributed by atoms with van der Waals surface area (Å²) in [6.45, 7) is 1.46. The van der Waals surface area contributed by atoms with Gasteiger partial charge in [0.2, 0.25) is 0 Å². The summed E-state index contributed by atoms with van der Waals surface area (Å²) in [6, 6.07) is 4.70. The molecule has 0 aliphatic heterocycles. The predicted octanol–water partition coefficient (Wildman–Crippen LogP) is 2.02. The maximum absolute atomic E-state index is 13.2. The molecule has 1 atom stereocenters. The largest absolute Gasteiger partial charge is 0.389 e. The van der Waals surface area contributed by atoms with Crippen molar-refractivity contribution in [3.8, 4) is 0 Å². The summed E-state index contributed by atoms with van der Waals surface area (Å²) in [4.78, 5) is 0. The van der Waals surface area contributed by atoms with Gasteiger partial charge >= 0.3 is 0 Å². The summed E-state index contributed by atoms with van der Waals surface area (Å²) in [6.07, 6.45) is -0.645. The Hall–Kier alpha value is -0.690. The van der Waals surface area contributed by atoms with Gasteiger partial charge in [-0.3, -0.25) is 0 Å². The van der Waals surface area contributed by atoms with Crippen LogP contribution in [0.2, 0.25) is 0 Å². The summed E-state index contributed by atoms with van der Waals surface area (Å²) in [5.74, 6) is -0.342. The SMILES string of the molecule is COCCOCC(O)CNc1ccc(Br)c(F)c1. The van der Waals surface area contributed by atoms with Crippen molar-refractivity contribution in [2.24, 2.45) is 0 Å². The van der Waals surface area contributed by atoms with E-state index >= 15 is 0 Å². The van der Waals surface area contributed by atoms with Gasteiger partial charge in [0.15, 0.2) is 0 Å². The molecule has 1 rings (SSSR count). The average molecular weight is 322 g/mol. The van der Waals surface area contributed by atoms with Crippen molar-refractivity contribution in [1.82, 2.24) is 0 Å². The van der Waals surface area contributed by atoms with Crippen LogP contribution in [-0.4, -0.2) is 44.7 Å². The van der Waals surface area contributed by atoms with E-state index in [9.17, 15) is 9.50 Å². The first-order chi connectivity index (χ1) is 8.63. The van der Waals surface area contributed by atoms with Crippen LogP contribution in [0.15, 0.2) is 22.7 Å². The Morgan fingerprint density at radius 2 is 2.22 bits per heavy atom. The lowest BCUT2D eigenvalue weighted by atomic mass is 10.3. The fraction of sp³-hybridized carbons (Fsp3) is 0.500. The van der Waals surface area contributed by atoms with Crippen LogP contribution in [0.3, 0.4) is 0 Å². The van der Waals surface area contributed by atoms with E-state index in [1.165, 1.54) is 6.07 Å². The zero-order chi connectivity index (χ0) is 13.4. The molecule has 6 heteroatoms. The molecule has 0 aliphatic carbocycles. The monoisotopic (exact) mass is 321 g/mol. The summed E-state index contributed by atoms with van der Waals surface area (Å²) >= 11 is 3.07. The molecule has 1 unspecified atom stereocenters. The Morgan fingerprint density at radius 1 is 1.44 bits per heavy atom. The van der Waals surface area contributed by atoms with Crippen LogP contribution in [0.4, 0.5) is 10.1 Å². The Kier molecular flexibility index (Phi) is 7.19. The molecule has 0 bridgehead atoms. The molecule has 1 aromatic rings. The number of methoxy groups -OCH3 is 1. The third-order valence-corrected chi connectivity index (χ3v) is 2.85. The smallest absolute Gasteiger partial charge is 0.139 e. The first-order valence-corrected chi connectivity index (χ1v) is 6.36. The highest BCUT2D eigenvalue weighted by molar-refractivity contribution is 9.10. The third kappa shape index (κ3) is 5.77. The van der Waals surface area contributed by atoms with E-state index in [2.05, 4.69) is 21.2 Å². The lowest BCUT2D eigenvalue weighted by Gasteiger charge is -2.13. The summed E-state index contributed by atoms with van der Waals surface area (Å²) < 4.78 is 23.6. The molecule has 0 aromatic heterocycles. The second-order valence-corrected chi connectivity index (χ2v) is 4.59. The minimum atomic E-state index is -0.645. The molecule has 0 radical (unpaired) electrons. The van der Waals surface area contributed by atoms with Gasteiger partial charge in [-0.25, -0.2) is 4.39 Å². The number of ether oxygens (including phenoxy) is 2. The van der Waals surface area contributed by atoms with Gasteiger partial charge in [-0.05, 0) is 34.1 Å². The minimum absolute atomic E-state index is 0.218. The molecule has 0 saturated heterocycles. The van der Waals surface area contributed by atoms with Crippen molar-refractivity contribution in [1.29, 1.82) is 0 Å². The number of nitrogens with one attached hydrogen (secondary N) is 1. The van der Waals surface area contributed by atoms with Gasteiger partial charge < -0.3 is 19.9 Å². The first-order valence-electron chi connectivity index (χ1n) is 5.57. The lowest BCUT2D eigenvalue weighted by Crippen LogP contribution is -2.25. The number of hydrogen-bond donors (Lipinski definition) is 2. The fourth-order valence-electron chi connectivity index (χ4n) is 1.26. The van der Waals surface area contributed by atoms with Crippen LogP contribution < -0.4 is 5.32 Å². The Balaban J connectivity index is 2.24. The Morgan fingerprint density at radius 3 is 2.89 bits per heavy atom. The number of aliphatic hydroxyl groups excluding tert-OH is 1. The zero-order valence-corrected chi connectivity index (χ0v) is 11.7. The molecule has 1 aromatic carbocycles. The van der Waals surface area contributed by atoms with E-state index in [1.807, 2.05) is 0 Å². The number of benzene rings is 1. The van der Waals surface area contributed by atoms with E-state index in [0.29, 0.717) is 29.9 Å². The molecule has 0 spiro atoms. The molecule has 102 valence electrons. The van der Waals surface area contributed by atoms with Crippen LogP contribution in [0.25, 0.3) is 0 Å². The molecular formula is C12H17BrFNO3. The molecule has 0 fully saturated rings. The van der Waals surface area contributed by atoms with Gasteiger partial charge in [0, 0.05) is 19.3 Å². The van der Waals surface area contributed by atoms with Gasteiger partial charge in [0.05, 0.1) is 30.4 Å². The van der Waals surface area contributed by atoms with Gasteiger partial charge in [-0.1, -0.05) is 0 Å². The van der Waals surface area contributed by atoms with Crippen LogP contribution in [0.5, 0.6) is 0 Å². The first kappa shape index (κ1) is 15.4. The second kappa shape index (κ2) is 8.42. The third-order valence-electron chi connectivity index (χ3n) is 2.20. The molecule has 0 saturated carbocycles. The summed E-state index contributed by atoms with van der Waals surface area (Å²) in [5.41, 5.74) is 0.617. The van der Waals surface area contributed by atoms with Gasteiger partial charge in [-0.2, -0.15) is 0 Å². The number of aliphatic hydroxyl groups is 1. The minimum Gasteiger partial charge on any atom is -0.389 e. The van der Waals surface area contributed by atoms with E-state index in [1.54, 1.807) is 19.2 Å². The maximum atomic E-state index is 13.2. The van der Waals surface area contributed by atoms with Gasteiger partial charge in [-0.15, -0.1) is 0 Å². The van der Waals surface area contributed by atoms with Crippen molar-refractivity contribution >= 4 is 21.6 Å². The van der Waals surface area contributed by atoms with Crippen molar-refractivity contribution in [3.05, 3.63) is 28.5 Å². The van der Waals surface area contributed by atoms with Crippen LogP contribution in [0.1, 0.15) is 0 Å². The number of halogens is 2. The van der Waals surface area contributed by atoms with Crippen molar-refractivity contribution in [3.63, 3.8) is 0 Å². The van der Waals surface area contributed by atoms with Gasteiger partial charge in [0.25, 0.3) is 0 Å². The van der Waals surface area contributed by atoms with Crippen molar-refractivity contribution in [2.75, 3.05) is 38.8 Å². The quantitative estimate of drug-likeness (QED) is 0.719. The molecule has 0 amide bonds. The lowest BCUT2D eigenvalue weighted by molar-refractivity contribution is 0.0182. The molecular weight excluding hydrogens is 305 g/mol. The van der Waals surface area contributed by atoms with Crippen LogP contribution in [0, 0.1) is 5.82 Å². The van der Waals surface area contributed by atoms with Crippen LogP contribution >= 0.6 is 15.9 Å². The second-order valence-electron chi connectivity index (χ2n) is 3.73. The van der Waals surface area contributed by atoms with Crippen LogP contribution in [-0.2, 0) is 9.47 Å². The average Bonchev–Trinajstić information content (AvgIpc) is 2.36. The standard InChI is InChI=1S/C12H17BrFNO3/c1-17-4-5-18-8-10(16)7-15-9-2-3-11(13)12(14)6-9/h2-3,6,10,15-16H,4-5,7-8H2,1H3. The van der Waals surface area contributed by atoms with E-state index in [0.717, 1.165) is 0 Å². The maximum Gasteiger partial charge on any atom is 0.139 e. The fourth-order valence-corrected chi connectivity index (χ4v) is 1.51. The predicted molar refractivity (Wildman–Crippen MR) is 71.3 cm³/mol. The Labute approximate surface area is 114 Å². The van der Waals surface area contributed by atoms with E-state index in [-0.39, 0.29) is 12.4 Å². The molecule has 4 nitrogen and oxygen atoms in total. The number of anilines is 1. The number of hydrogen-bond acceptors (Lipinski definition) is 4. The van der Waals surface area contributed by atoms with E-state index < -0.39 is 6.10 Å². The van der Waals surface area contributed by atoms with Crippen molar-refractivity contribution in [2.45, 2.75) is 6.10 Å². The highest BCUT2D eigenvalue weighted by Crippen LogP contribution is 2.19. The topological polar surface area (TPSA) is 50.7 Å². The zero-order valence-electron chi connectivity index (χ0n) is 10.2. The highest BCUT2D eigenvalue weighted by Gasteiger charge is 2.05. The summed E-state index contributed by atoms with van der Waals surface area (Å²) in [7, 11) is 1.59. The Bertz CT molecular complexity index is 365. The molecule has 0 heterocycles. The molecule has 2 N–H and O–H groups in total. The van der Waals surface area contributed by atoms with E-state index in [4.69, 9.17) is 9.47 Å². The molecule has 0 aliphatic rings. The number of rotatable bonds is 8. The normalized spacial score (nSPS) is 12.4. The van der Waals surface area contributed by atoms with Gasteiger partial charge in [0.1, 0.15) is 5.82 Å². The molecule has 18 heavy (non-hydrogen) atoms. The summed E-state index contributed by atoms with van der Waals surface area (Å²) in [5, 5.41) is 12.5. The highest BCUT2D eigenvalue weighted by atomic mass is 79.9.